The van der Waals surface area contributed by atoms with Gasteiger partial charge in [0.1, 0.15) is 0 Å². The summed E-state index contributed by atoms with van der Waals surface area (Å²) in [4.78, 5) is 16.2. The van der Waals surface area contributed by atoms with Crippen LogP contribution in [0.4, 0.5) is 4.79 Å². The van der Waals surface area contributed by atoms with E-state index in [4.69, 9.17) is 0 Å². The molecule has 2 amide bonds. The van der Waals surface area contributed by atoms with Crippen LogP contribution in [0.5, 0.6) is 0 Å². The van der Waals surface area contributed by atoms with Crippen molar-refractivity contribution in [3.05, 3.63) is 34.3 Å². The molecule has 0 unspecified atom stereocenters. The lowest BCUT2D eigenvalue weighted by Crippen LogP contribution is -2.38. The van der Waals surface area contributed by atoms with E-state index in [0.717, 1.165) is 36.1 Å². The largest absolute Gasteiger partial charge is 0.334 e. The Balaban J connectivity index is 1.77. The first-order valence-corrected chi connectivity index (χ1v) is 7.76. The minimum Gasteiger partial charge on any atom is -0.334 e. The SMILES string of the molecule is CN(C)C[C@@H]1CCN(C(=O)NCc2ccc(Br)cc2)C1. The summed E-state index contributed by atoms with van der Waals surface area (Å²) in [6, 6.07) is 8.07. The Labute approximate surface area is 129 Å². The van der Waals surface area contributed by atoms with Gasteiger partial charge < -0.3 is 15.1 Å². The molecule has 1 aromatic carbocycles. The number of benzene rings is 1. The fraction of sp³-hybridized carbons (Fsp3) is 0.533. The van der Waals surface area contributed by atoms with Crippen LogP contribution in [0.25, 0.3) is 0 Å². The van der Waals surface area contributed by atoms with E-state index >= 15 is 0 Å². The first kappa shape index (κ1) is 15.3. The molecule has 1 saturated heterocycles. The molecular weight excluding hydrogens is 318 g/mol. The first-order valence-electron chi connectivity index (χ1n) is 6.96. The summed E-state index contributed by atoms with van der Waals surface area (Å²) in [5.74, 6) is 0.600. The predicted octanol–water partition coefficient (Wildman–Crippen LogP) is 2.54. The minimum absolute atomic E-state index is 0.0502. The van der Waals surface area contributed by atoms with E-state index in [1.165, 1.54) is 0 Å². The highest BCUT2D eigenvalue weighted by Gasteiger charge is 2.26. The molecule has 1 heterocycles. The monoisotopic (exact) mass is 339 g/mol. The number of halogens is 1. The van der Waals surface area contributed by atoms with Gasteiger partial charge in [0.2, 0.25) is 0 Å². The van der Waals surface area contributed by atoms with E-state index in [0.29, 0.717) is 12.5 Å². The van der Waals surface area contributed by atoms with E-state index in [1.807, 2.05) is 29.2 Å². The van der Waals surface area contributed by atoms with E-state index in [2.05, 4.69) is 40.2 Å². The summed E-state index contributed by atoms with van der Waals surface area (Å²) < 4.78 is 1.05. The Morgan fingerprint density at radius 2 is 2.10 bits per heavy atom. The summed E-state index contributed by atoms with van der Waals surface area (Å²) in [7, 11) is 4.16. The highest BCUT2D eigenvalue weighted by atomic mass is 79.9. The zero-order chi connectivity index (χ0) is 14.5. The first-order chi connectivity index (χ1) is 9.54. The average Bonchev–Trinajstić information content (AvgIpc) is 2.85. The van der Waals surface area contributed by atoms with Crippen LogP contribution in [0.3, 0.4) is 0 Å². The molecule has 2 rings (SSSR count). The number of likely N-dealkylation sites (tertiary alicyclic amines) is 1. The quantitative estimate of drug-likeness (QED) is 0.914. The molecule has 0 saturated carbocycles. The smallest absolute Gasteiger partial charge is 0.317 e. The zero-order valence-corrected chi connectivity index (χ0v) is 13.7. The second-order valence-corrected chi connectivity index (χ2v) is 6.56. The van der Waals surface area contributed by atoms with Crippen LogP contribution in [0.1, 0.15) is 12.0 Å². The van der Waals surface area contributed by atoms with Gasteiger partial charge in [-0.15, -0.1) is 0 Å². The van der Waals surface area contributed by atoms with Crippen LogP contribution < -0.4 is 5.32 Å². The number of hydrogen-bond donors (Lipinski definition) is 1. The van der Waals surface area contributed by atoms with Crippen molar-refractivity contribution in [1.29, 1.82) is 0 Å². The summed E-state index contributed by atoms with van der Waals surface area (Å²) in [5, 5.41) is 2.99. The minimum atomic E-state index is 0.0502. The number of nitrogens with one attached hydrogen (secondary N) is 1. The van der Waals surface area contributed by atoms with Gasteiger partial charge in [0.15, 0.2) is 0 Å². The van der Waals surface area contributed by atoms with E-state index in [1.54, 1.807) is 0 Å². The molecule has 1 fully saturated rings. The van der Waals surface area contributed by atoms with Crippen LogP contribution in [-0.4, -0.2) is 49.6 Å². The number of nitrogens with zero attached hydrogens (tertiary/aromatic N) is 2. The Bertz CT molecular complexity index is 447. The molecule has 20 heavy (non-hydrogen) atoms. The van der Waals surface area contributed by atoms with Gasteiger partial charge in [-0.05, 0) is 44.1 Å². The second kappa shape index (κ2) is 7.09. The number of urea groups is 1. The Morgan fingerprint density at radius 3 is 2.75 bits per heavy atom. The molecule has 4 nitrogen and oxygen atoms in total. The molecule has 1 atom stereocenters. The summed E-state index contributed by atoms with van der Waals surface area (Å²) in [5.41, 5.74) is 1.12. The molecule has 0 aromatic heterocycles. The van der Waals surface area contributed by atoms with Crippen LogP contribution in [0.2, 0.25) is 0 Å². The van der Waals surface area contributed by atoms with Crippen LogP contribution in [0, 0.1) is 5.92 Å². The van der Waals surface area contributed by atoms with Crippen molar-refractivity contribution >= 4 is 22.0 Å². The molecule has 1 aromatic rings. The maximum Gasteiger partial charge on any atom is 0.317 e. The number of amides is 2. The average molecular weight is 340 g/mol. The summed E-state index contributed by atoms with van der Waals surface area (Å²) >= 11 is 3.41. The van der Waals surface area contributed by atoms with Gasteiger partial charge in [-0.25, -0.2) is 4.79 Å². The molecule has 0 aliphatic carbocycles. The highest BCUT2D eigenvalue weighted by Crippen LogP contribution is 2.17. The molecule has 0 radical (unpaired) electrons. The van der Waals surface area contributed by atoms with Gasteiger partial charge in [-0.1, -0.05) is 28.1 Å². The fourth-order valence-electron chi connectivity index (χ4n) is 2.57. The van der Waals surface area contributed by atoms with Gasteiger partial charge in [0.25, 0.3) is 0 Å². The van der Waals surface area contributed by atoms with Crippen molar-refractivity contribution in [3.63, 3.8) is 0 Å². The maximum atomic E-state index is 12.1. The van der Waals surface area contributed by atoms with Gasteiger partial charge in [-0.2, -0.15) is 0 Å². The number of hydrogen-bond acceptors (Lipinski definition) is 2. The molecule has 110 valence electrons. The normalized spacial score (nSPS) is 18.6. The van der Waals surface area contributed by atoms with Crippen LogP contribution in [0.15, 0.2) is 28.7 Å². The van der Waals surface area contributed by atoms with Gasteiger partial charge in [-0.3, -0.25) is 0 Å². The molecule has 0 bridgehead atoms. The molecule has 0 spiro atoms. The standard InChI is InChI=1S/C15H22BrN3O/c1-18(2)10-13-7-8-19(11-13)15(20)17-9-12-3-5-14(16)6-4-12/h3-6,13H,7-11H2,1-2H3,(H,17,20)/t13-/m0/s1. The van der Waals surface area contributed by atoms with Crippen molar-refractivity contribution in [3.8, 4) is 0 Å². The molecule has 1 N–H and O–H groups in total. The fourth-order valence-corrected chi connectivity index (χ4v) is 2.84. The third-order valence-corrected chi connectivity index (χ3v) is 4.08. The van der Waals surface area contributed by atoms with Crippen LogP contribution >= 0.6 is 15.9 Å². The lowest BCUT2D eigenvalue weighted by atomic mass is 10.1. The van der Waals surface area contributed by atoms with Crippen molar-refractivity contribution in [2.45, 2.75) is 13.0 Å². The summed E-state index contributed by atoms with van der Waals surface area (Å²) in [6.45, 7) is 3.37. The Hall–Kier alpha value is -1.07. The van der Waals surface area contributed by atoms with E-state index in [9.17, 15) is 4.79 Å². The highest BCUT2D eigenvalue weighted by molar-refractivity contribution is 9.10. The second-order valence-electron chi connectivity index (χ2n) is 5.65. The van der Waals surface area contributed by atoms with E-state index in [-0.39, 0.29) is 6.03 Å². The number of rotatable bonds is 4. The van der Waals surface area contributed by atoms with Crippen molar-refractivity contribution in [2.75, 3.05) is 33.7 Å². The lowest BCUT2D eigenvalue weighted by Gasteiger charge is -2.19. The summed E-state index contributed by atoms with van der Waals surface area (Å²) in [6.07, 6.45) is 1.10. The van der Waals surface area contributed by atoms with Crippen molar-refractivity contribution in [1.82, 2.24) is 15.1 Å². The number of carbonyl (C=O) groups excluding carboxylic acids is 1. The van der Waals surface area contributed by atoms with Crippen molar-refractivity contribution < 1.29 is 4.79 Å². The third kappa shape index (κ3) is 4.49. The molecule has 5 heteroatoms. The molecule has 1 aliphatic heterocycles. The molecular formula is C15H22BrN3O. The topological polar surface area (TPSA) is 35.6 Å². The Kier molecular flexibility index (Phi) is 5.43. The van der Waals surface area contributed by atoms with Gasteiger partial charge in [0.05, 0.1) is 0 Å². The van der Waals surface area contributed by atoms with Crippen LogP contribution in [-0.2, 0) is 6.54 Å². The van der Waals surface area contributed by atoms with Gasteiger partial charge >= 0.3 is 6.03 Å². The predicted molar refractivity (Wildman–Crippen MR) is 84.6 cm³/mol. The zero-order valence-electron chi connectivity index (χ0n) is 12.1. The lowest BCUT2D eigenvalue weighted by molar-refractivity contribution is 0.205. The van der Waals surface area contributed by atoms with E-state index < -0.39 is 0 Å². The molecule has 1 aliphatic rings. The number of carbonyl (C=O) groups is 1. The van der Waals surface area contributed by atoms with Crippen molar-refractivity contribution in [2.24, 2.45) is 5.92 Å². The maximum absolute atomic E-state index is 12.1. The third-order valence-electron chi connectivity index (χ3n) is 3.55. The Morgan fingerprint density at radius 1 is 1.40 bits per heavy atom. The van der Waals surface area contributed by atoms with Gasteiger partial charge in [0, 0.05) is 30.7 Å².